The molecular weight excluding hydrogens is 356 g/mol. The van der Waals surface area contributed by atoms with Gasteiger partial charge in [-0.1, -0.05) is 24.3 Å². The lowest BCUT2D eigenvalue weighted by molar-refractivity contribution is -0.120. The molecule has 2 N–H and O–H groups in total. The maximum absolute atomic E-state index is 12.4. The highest BCUT2D eigenvalue weighted by Gasteiger charge is 2.19. The maximum atomic E-state index is 12.4. The van der Waals surface area contributed by atoms with Gasteiger partial charge in [0.2, 0.25) is 5.91 Å². The summed E-state index contributed by atoms with van der Waals surface area (Å²) in [4.78, 5) is 29.2. The molecule has 1 aliphatic rings. The molecule has 146 valence electrons. The van der Waals surface area contributed by atoms with E-state index in [9.17, 15) is 9.59 Å². The van der Waals surface area contributed by atoms with Gasteiger partial charge in [0.05, 0.1) is 18.7 Å². The number of aromatic nitrogens is 3. The summed E-state index contributed by atoms with van der Waals surface area (Å²) in [6.45, 7) is 3.69. The van der Waals surface area contributed by atoms with Gasteiger partial charge in [-0.15, -0.1) is 0 Å². The number of carbonyl (C=O) groups excluding carboxylic acids is 1. The van der Waals surface area contributed by atoms with Crippen molar-refractivity contribution in [2.24, 2.45) is 0 Å². The van der Waals surface area contributed by atoms with Gasteiger partial charge in [0.1, 0.15) is 0 Å². The van der Waals surface area contributed by atoms with Crippen LogP contribution in [-0.2, 0) is 22.5 Å². The first-order valence-corrected chi connectivity index (χ1v) is 9.61. The zero-order chi connectivity index (χ0) is 19.5. The van der Waals surface area contributed by atoms with Crippen molar-refractivity contribution in [1.29, 1.82) is 0 Å². The normalized spacial score (nSPS) is 15.0. The molecule has 4 rings (SSSR count). The minimum Gasteiger partial charge on any atom is -0.381 e. The van der Waals surface area contributed by atoms with Crippen molar-refractivity contribution >= 4 is 11.6 Å². The molecule has 7 nitrogen and oxygen atoms in total. The average Bonchev–Trinajstić information content (AvgIpc) is 3.14. The van der Waals surface area contributed by atoms with Crippen molar-refractivity contribution in [2.75, 3.05) is 13.2 Å². The predicted molar refractivity (Wildman–Crippen MR) is 105 cm³/mol. The molecule has 0 atom stereocenters. The second kappa shape index (κ2) is 7.98. The van der Waals surface area contributed by atoms with Gasteiger partial charge in [-0.05, 0) is 30.9 Å². The second-order valence-electron chi connectivity index (χ2n) is 7.26. The molecular formula is C21H24N4O3. The van der Waals surface area contributed by atoms with Crippen LogP contribution in [0.4, 0.5) is 0 Å². The highest BCUT2D eigenvalue weighted by Crippen LogP contribution is 2.25. The van der Waals surface area contributed by atoms with Crippen LogP contribution in [0.2, 0.25) is 0 Å². The molecule has 1 amide bonds. The number of rotatable bonds is 5. The predicted octanol–water partition coefficient (Wildman–Crippen LogP) is 2.08. The number of aryl methyl sites for hydroxylation is 1. The van der Waals surface area contributed by atoms with E-state index in [1.54, 1.807) is 0 Å². The van der Waals surface area contributed by atoms with E-state index in [0.717, 1.165) is 42.9 Å². The number of amides is 1. The first-order chi connectivity index (χ1) is 13.6. The van der Waals surface area contributed by atoms with Gasteiger partial charge in [-0.2, -0.15) is 0 Å². The van der Waals surface area contributed by atoms with Crippen LogP contribution in [0.15, 0.2) is 41.2 Å². The Morgan fingerprint density at radius 1 is 1.29 bits per heavy atom. The fourth-order valence-electron chi connectivity index (χ4n) is 3.60. The number of ether oxygens (including phenoxy) is 1. The van der Waals surface area contributed by atoms with Crippen molar-refractivity contribution in [2.45, 2.75) is 38.6 Å². The highest BCUT2D eigenvalue weighted by atomic mass is 16.5. The molecule has 1 aliphatic heterocycles. The molecule has 1 saturated heterocycles. The van der Waals surface area contributed by atoms with Gasteiger partial charge in [-0.3, -0.25) is 14.7 Å². The lowest BCUT2D eigenvalue weighted by atomic mass is 9.97. The van der Waals surface area contributed by atoms with Crippen LogP contribution in [0, 0.1) is 6.92 Å². The van der Waals surface area contributed by atoms with Gasteiger partial charge in [0.15, 0.2) is 5.65 Å². The van der Waals surface area contributed by atoms with Crippen molar-refractivity contribution in [3.8, 4) is 0 Å². The zero-order valence-electron chi connectivity index (χ0n) is 15.9. The van der Waals surface area contributed by atoms with Gasteiger partial charge >= 0.3 is 0 Å². The van der Waals surface area contributed by atoms with Gasteiger partial charge in [-0.25, -0.2) is 9.50 Å². The Morgan fingerprint density at radius 2 is 2.07 bits per heavy atom. The Kier molecular flexibility index (Phi) is 5.25. The molecule has 3 aromatic rings. The molecule has 0 spiro atoms. The van der Waals surface area contributed by atoms with Crippen molar-refractivity contribution in [3.63, 3.8) is 0 Å². The van der Waals surface area contributed by atoms with Crippen molar-refractivity contribution in [3.05, 3.63) is 69.3 Å². The lowest BCUT2D eigenvalue weighted by Crippen LogP contribution is -2.26. The summed E-state index contributed by atoms with van der Waals surface area (Å²) in [6.07, 6.45) is 2.18. The lowest BCUT2D eigenvalue weighted by Gasteiger charge is -2.20. The summed E-state index contributed by atoms with van der Waals surface area (Å²) in [5, 5.41) is 6.02. The summed E-state index contributed by atoms with van der Waals surface area (Å²) >= 11 is 0. The topological polar surface area (TPSA) is 88.5 Å². The third kappa shape index (κ3) is 3.99. The number of hydrogen-bond donors (Lipinski definition) is 2. The SMILES string of the molecule is Cc1ccccc1CC(=O)NCc1cc(=O)n2[nH]c(C3CCOCC3)cc2n1. The summed E-state index contributed by atoms with van der Waals surface area (Å²) in [5.41, 5.74) is 4.05. The molecule has 2 aromatic heterocycles. The van der Waals surface area contributed by atoms with E-state index in [4.69, 9.17) is 4.74 Å². The Labute approximate surface area is 162 Å². The minimum absolute atomic E-state index is 0.0896. The fraction of sp³-hybridized carbons (Fsp3) is 0.381. The van der Waals surface area contributed by atoms with E-state index in [-0.39, 0.29) is 18.0 Å². The van der Waals surface area contributed by atoms with Gasteiger partial charge in [0, 0.05) is 37.0 Å². The van der Waals surface area contributed by atoms with Crippen molar-refractivity contribution in [1.82, 2.24) is 19.9 Å². The van der Waals surface area contributed by atoms with Crippen LogP contribution in [0.5, 0.6) is 0 Å². The number of aromatic amines is 1. The number of nitrogens with zero attached hydrogens (tertiary/aromatic N) is 2. The fourth-order valence-corrected chi connectivity index (χ4v) is 3.60. The van der Waals surface area contributed by atoms with E-state index in [2.05, 4.69) is 15.4 Å². The van der Waals surface area contributed by atoms with E-state index in [1.807, 2.05) is 37.3 Å². The summed E-state index contributed by atoms with van der Waals surface area (Å²) < 4.78 is 6.87. The molecule has 0 unspecified atom stereocenters. The Balaban J connectivity index is 1.46. The largest absolute Gasteiger partial charge is 0.381 e. The van der Waals surface area contributed by atoms with Crippen LogP contribution >= 0.6 is 0 Å². The Bertz CT molecular complexity index is 1050. The summed E-state index contributed by atoms with van der Waals surface area (Å²) in [7, 11) is 0. The number of benzene rings is 1. The number of nitrogens with one attached hydrogen (secondary N) is 2. The number of carbonyl (C=O) groups is 1. The monoisotopic (exact) mass is 380 g/mol. The van der Waals surface area contributed by atoms with Crippen molar-refractivity contribution < 1.29 is 9.53 Å². The molecule has 7 heteroatoms. The maximum Gasteiger partial charge on any atom is 0.272 e. The summed E-state index contributed by atoms with van der Waals surface area (Å²) in [6, 6.07) is 11.2. The second-order valence-corrected chi connectivity index (χ2v) is 7.26. The third-order valence-corrected chi connectivity index (χ3v) is 5.26. The van der Waals surface area contributed by atoms with Crippen LogP contribution < -0.4 is 10.9 Å². The third-order valence-electron chi connectivity index (χ3n) is 5.26. The number of hydrogen-bond acceptors (Lipinski definition) is 4. The summed E-state index contributed by atoms with van der Waals surface area (Å²) in [5.74, 6) is 0.264. The first-order valence-electron chi connectivity index (χ1n) is 9.61. The average molecular weight is 380 g/mol. The molecule has 0 bridgehead atoms. The molecule has 0 saturated carbocycles. The smallest absolute Gasteiger partial charge is 0.272 e. The standard InChI is InChI=1S/C21H24N4O3/c1-14-4-2-3-5-16(14)10-20(26)22-13-17-11-21(27)25-19(23-17)12-18(24-25)15-6-8-28-9-7-15/h2-5,11-12,15,24H,6-10,13H2,1H3,(H,22,26). The van der Waals surface area contributed by atoms with E-state index in [0.29, 0.717) is 23.7 Å². The molecule has 0 radical (unpaired) electrons. The molecule has 1 fully saturated rings. The highest BCUT2D eigenvalue weighted by molar-refractivity contribution is 5.78. The quantitative estimate of drug-likeness (QED) is 0.709. The van der Waals surface area contributed by atoms with Crippen LogP contribution in [0.1, 0.15) is 41.3 Å². The van der Waals surface area contributed by atoms with Crippen LogP contribution in [0.3, 0.4) is 0 Å². The zero-order valence-corrected chi connectivity index (χ0v) is 15.9. The Morgan fingerprint density at radius 3 is 2.86 bits per heavy atom. The number of H-pyrrole nitrogens is 1. The van der Waals surface area contributed by atoms with Gasteiger partial charge < -0.3 is 10.1 Å². The molecule has 1 aromatic carbocycles. The molecule has 3 heterocycles. The van der Waals surface area contributed by atoms with Gasteiger partial charge in [0.25, 0.3) is 5.56 Å². The Hall–Kier alpha value is -2.93. The minimum atomic E-state index is -0.175. The van der Waals surface area contributed by atoms with Crippen LogP contribution in [0.25, 0.3) is 5.65 Å². The van der Waals surface area contributed by atoms with Crippen LogP contribution in [-0.4, -0.2) is 33.7 Å². The van der Waals surface area contributed by atoms with E-state index in [1.165, 1.54) is 10.6 Å². The number of fused-ring (bicyclic) bond motifs is 1. The first kappa shape index (κ1) is 18.4. The van der Waals surface area contributed by atoms with E-state index >= 15 is 0 Å². The molecule has 0 aliphatic carbocycles. The van der Waals surface area contributed by atoms with E-state index < -0.39 is 0 Å². The molecule has 28 heavy (non-hydrogen) atoms.